The number of methoxy groups -OCH3 is 1. The molecule has 144 valence electrons. The van der Waals surface area contributed by atoms with E-state index in [1.54, 1.807) is 11.0 Å². The number of carbonyl (C=O) groups is 2. The second-order valence-electron chi connectivity index (χ2n) is 6.24. The number of rotatable bonds is 5. The lowest BCUT2D eigenvalue weighted by Gasteiger charge is -2.35. The number of halogens is 2. The minimum Gasteiger partial charge on any atom is -0.508 e. The van der Waals surface area contributed by atoms with Gasteiger partial charge >= 0.3 is 6.09 Å². The number of amides is 2. The highest BCUT2D eigenvalue weighted by Crippen LogP contribution is 2.37. The van der Waals surface area contributed by atoms with E-state index in [1.807, 2.05) is 0 Å². The van der Waals surface area contributed by atoms with Gasteiger partial charge in [-0.05, 0) is 24.8 Å². The zero-order chi connectivity index (χ0) is 19.3. The van der Waals surface area contributed by atoms with E-state index >= 15 is 0 Å². The van der Waals surface area contributed by atoms with Crippen molar-refractivity contribution >= 4 is 35.2 Å². The molecular formula is C17H23Cl2N3O4. The van der Waals surface area contributed by atoms with E-state index < -0.39 is 6.09 Å². The molecule has 1 unspecified atom stereocenters. The molecule has 7 nitrogen and oxygen atoms in total. The number of nitrogens with two attached hydrogens (primary N) is 1. The number of carbonyl (C=O) groups excluding carboxylic acids is 2. The standard InChI is InChI=1S/C17H23Cl2N3O4/c1-26-17(25)21-5-2-15(24)22-6-3-10(4-7-22)16(20)11-8-12(18)13(19)9-14(11)23/h8-10,16,23H,2-7,20H2,1H3,(H,21,25). The van der Waals surface area contributed by atoms with Crippen LogP contribution in [0, 0.1) is 5.92 Å². The average molecular weight is 404 g/mol. The Balaban J connectivity index is 1.87. The molecule has 2 rings (SSSR count). The summed E-state index contributed by atoms with van der Waals surface area (Å²) in [6, 6.07) is 2.61. The van der Waals surface area contributed by atoms with Crippen molar-refractivity contribution in [2.75, 3.05) is 26.7 Å². The van der Waals surface area contributed by atoms with Crippen LogP contribution in [0.2, 0.25) is 10.0 Å². The Bertz CT molecular complexity index is 664. The van der Waals surface area contributed by atoms with Gasteiger partial charge in [0.25, 0.3) is 0 Å². The molecule has 1 aromatic rings. The fourth-order valence-electron chi connectivity index (χ4n) is 3.08. The lowest BCUT2D eigenvalue weighted by molar-refractivity contribution is -0.132. The van der Waals surface area contributed by atoms with Crippen molar-refractivity contribution < 1.29 is 19.4 Å². The van der Waals surface area contributed by atoms with E-state index in [1.165, 1.54) is 13.2 Å². The van der Waals surface area contributed by atoms with E-state index in [0.29, 0.717) is 23.7 Å². The summed E-state index contributed by atoms with van der Waals surface area (Å²) < 4.78 is 4.46. The molecule has 0 aromatic heterocycles. The van der Waals surface area contributed by atoms with Gasteiger partial charge in [-0.1, -0.05) is 23.2 Å². The van der Waals surface area contributed by atoms with Gasteiger partial charge in [0.05, 0.1) is 17.2 Å². The topological polar surface area (TPSA) is 105 Å². The molecule has 1 saturated heterocycles. The predicted octanol–water partition coefficient (Wildman–Crippen LogP) is 2.68. The van der Waals surface area contributed by atoms with Gasteiger partial charge in [0.15, 0.2) is 0 Å². The quantitative estimate of drug-likeness (QED) is 0.700. The zero-order valence-electron chi connectivity index (χ0n) is 14.5. The Kier molecular flexibility index (Phi) is 7.37. The number of hydrogen-bond donors (Lipinski definition) is 3. The molecule has 1 atom stereocenters. The van der Waals surface area contributed by atoms with Crippen LogP contribution in [0.15, 0.2) is 12.1 Å². The summed E-state index contributed by atoms with van der Waals surface area (Å²) >= 11 is 11.9. The third-order valence-corrected chi connectivity index (χ3v) is 5.34. The normalized spacial score (nSPS) is 16.2. The van der Waals surface area contributed by atoms with Crippen LogP contribution in [-0.4, -0.2) is 48.8 Å². The Morgan fingerprint density at radius 3 is 2.58 bits per heavy atom. The third-order valence-electron chi connectivity index (χ3n) is 4.62. The van der Waals surface area contributed by atoms with E-state index in [0.717, 1.165) is 12.8 Å². The van der Waals surface area contributed by atoms with Gasteiger partial charge in [0.2, 0.25) is 5.91 Å². The number of alkyl carbamates (subject to hydrolysis) is 1. The van der Waals surface area contributed by atoms with Gasteiger partial charge in [-0.2, -0.15) is 0 Å². The third kappa shape index (κ3) is 5.16. The fourth-order valence-corrected chi connectivity index (χ4v) is 3.41. The van der Waals surface area contributed by atoms with Crippen molar-refractivity contribution in [1.82, 2.24) is 10.2 Å². The average Bonchev–Trinajstić information content (AvgIpc) is 2.64. The van der Waals surface area contributed by atoms with E-state index in [9.17, 15) is 14.7 Å². The first-order valence-corrected chi connectivity index (χ1v) is 9.12. The molecule has 0 bridgehead atoms. The van der Waals surface area contributed by atoms with Gasteiger partial charge in [0, 0.05) is 43.7 Å². The van der Waals surface area contributed by atoms with Crippen LogP contribution in [0.3, 0.4) is 0 Å². The summed E-state index contributed by atoms with van der Waals surface area (Å²) in [5, 5.41) is 13.2. The van der Waals surface area contributed by atoms with Crippen LogP contribution in [-0.2, 0) is 9.53 Å². The molecule has 2 amide bonds. The smallest absolute Gasteiger partial charge is 0.406 e. The van der Waals surface area contributed by atoms with Gasteiger partial charge in [-0.15, -0.1) is 0 Å². The van der Waals surface area contributed by atoms with Gasteiger partial charge in [-0.3, -0.25) is 4.79 Å². The molecule has 0 radical (unpaired) electrons. The van der Waals surface area contributed by atoms with E-state index in [-0.39, 0.29) is 41.6 Å². The molecule has 4 N–H and O–H groups in total. The van der Waals surface area contributed by atoms with Gasteiger partial charge < -0.3 is 25.8 Å². The lowest BCUT2D eigenvalue weighted by Crippen LogP contribution is -2.42. The van der Waals surface area contributed by atoms with Crippen molar-refractivity contribution in [1.29, 1.82) is 0 Å². The highest BCUT2D eigenvalue weighted by molar-refractivity contribution is 6.42. The number of aromatic hydroxyl groups is 1. The summed E-state index contributed by atoms with van der Waals surface area (Å²) in [6.07, 6.45) is 1.11. The van der Waals surface area contributed by atoms with Crippen molar-refractivity contribution in [3.63, 3.8) is 0 Å². The predicted molar refractivity (Wildman–Crippen MR) is 99.4 cm³/mol. The van der Waals surface area contributed by atoms with Crippen LogP contribution < -0.4 is 11.1 Å². The van der Waals surface area contributed by atoms with Crippen LogP contribution in [0.5, 0.6) is 5.75 Å². The second kappa shape index (κ2) is 9.30. The van der Waals surface area contributed by atoms with Crippen LogP contribution >= 0.6 is 23.2 Å². The van der Waals surface area contributed by atoms with E-state index in [2.05, 4.69) is 10.1 Å². The molecule has 1 heterocycles. The van der Waals surface area contributed by atoms with Crippen LogP contribution in [0.25, 0.3) is 0 Å². The fraction of sp³-hybridized carbons (Fsp3) is 0.529. The number of phenols is 1. The molecule has 1 aliphatic rings. The highest BCUT2D eigenvalue weighted by Gasteiger charge is 2.29. The molecular weight excluding hydrogens is 381 g/mol. The number of benzene rings is 1. The summed E-state index contributed by atoms with van der Waals surface area (Å²) in [7, 11) is 1.27. The van der Waals surface area contributed by atoms with Crippen molar-refractivity contribution in [2.24, 2.45) is 11.7 Å². The minimum absolute atomic E-state index is 0.0224. The lowest BCUT2D eigenvalue weighted by atomic mass is 9.85. The SMILES string of the molecule is COC(=O)NCCC(=O)N1CCC(C(N)c2cc(Cl)c(Cl)cc2O)CC1. The van der Waals surface area contributed by atoms with Gasteiger partial charge in [0.1, 0.15) is 5.75 Å². The number of ether oxygens (including phenoxy) is 1. The number of piperidine rings is 1. The minimum atomic E-state index is -0.552. The Labute approximate surface area is 162 Å². The van der Waals surface area contributed by atoms with Crippen molar-refractivity contribution in [3.05, 3.63) is 27.7 Å². The highest BCUT2D eigenvalue weighted by atomic mass is 35.5. The first-order valence-electron chi connectivity index (χ1n) is 8.36. The van der Waals surface area contributed by atoms with E-state index in [4.69, 9.17) is 28.9 Å². The molecule has 1 aliphatic heterocycles. The van der Waals surface area contributed by atoms with Crippen LogP contribution in [0.4, 0.5) is 4.79 Å². The maximum absolute atomic E-state index is 12.2. The summed E-state index contributed by atoms with van der Waals surface area (Å²) in [5.41, 5.74) is 6.87. The summed E-state index contributed by atoms with van der Waals surface area (Å²) in [6.45, 7) is 1.40. The molecule has 1 aromatic carbocycles. The summed E-state index contributed by atoms with van der Waals surface area (Å²) in [5.74, 6) is 0.125. The number of nitrogens with one attached hydrogen (secondary N) is 1. The largest absolute Gasteiger partial charge is 0.508 e. The second-order valence-corrected chi connectivity index (χ2v) is 7.05. The molecule has 1 fully saturated rings. The molecule has 0 spiro atoms. The number of nitrogens with zero attached hydrogens (tertiary/aromatic N) is 1. The monoisotopic (exact) mass is 403 g/mol. The molecule has 0 aliphatic carbocycles. The maximum atomic E-state index is 12.2. The molecule has 0 saturated carbocycles. The number of likely N-dealkylation sites (tertiary alicyclic amines) is 1. The summed E-state index contributed by atoms with van der Waals surface area (Å²) in [4.78, 5) is 24.9. The number of phenolic OH excluding ortho intramolecular Hbond substituents is 1. The Morgan fingerprint density at radius 1 is 1.35 bits per heavy atom. The van der Waals surface area contributed by atoms with Crippen molar-refractivity contribution in [2.45, 2.75) is 25.3 Å². The number of hydrogen-bond acceptors (Lipinski definition) is 5. The Morgan fingerprint density at radius 2 is 1.96 bits per heavy atom. The first kappa shape index (κ1) is 20.6. The molecule has 26 heavy (non-hydrogen) atoms. The zero-order valence-corrected chi connectivity index (χ0v) is 16.0. The van der Waals surface area contributed by atoms with Gasteiger partial charge in [-0.25, -0.2) is 4.79 Å². The van der Waals surface area contributed by atoms with Crippen molar-refractivity contribution in [3.8, 4) is 5.75 Å². The Hall–Kier alpha value is -1.70. The van der Waals surface area contributed by atoms with Crippen LogP contribution in [0.1, 0.15) is 30.9 Å². The maximum Gasteiger partial charge on any atom is 0.406 e. The molecule has 9 heteroatoms. The first-order chi connectivity index (χ1) is 12.3.